The zero-order chi connectivity index (χ0) is 15.5. The number of benzene rings is 1. The molecule has 1 amide bonds. The van der Waals surface area contributed by atoms with Crippen LogP contribution in [-0.2, 0) is 4.74 Å². The number of nitrogens with one attached hydrogen (secondary N) is 1. The average Bonchev–Trinajstić information content (AvgIpc) is 2.90. The zero-order valence-corrected chi connectivity index (χ0v) is 10.9. The van der Waals surface area contributed by atoms with Gasteiger partial charge in [0.2, 0.25) is 0 Å². The van der Waals surface area contributed by atoms with E-state index in [1.54, 1.807) is 0 Å². The number of alkyl halides is 3. The van der Waals surface area contributed by atoms with Crippen LogP contribution in [0.3, 0.4) is 0 Å². The van der Waals surface area contributed by atoms with Gasteiger partial charge in [-0.3, -0.25) is 4.79 Å². The monoisotopic (exact) mass is 305 g/mol. The lowest BCUT2D eigenvalue weighted by atomic mass is 10.1. The molecule has 21 heavy (non-hydrogen) atoms. The van der Waals surface area contributed by atoms with Crippen LogP contribution in [0.25, 0.3) is 0 Å². The van der Waals surface area contributed by atoms with Gasteiger partial charge in [-0.2, -0.15) is 0 Å². The summed E-state index contributed by atoms with van der Waals surface area (Å²) in [5.74, 6) is -2.42. The van der Waals surface area contributed by atoms with Crippen molar-refractivity contribution in [2.75, 3.05) is 13.2 Å². The molecule has 0 aliphatic carbocycles. The number of carbonyl (C=O) groups is 1. The van der Waals surface area contributed by atoms with Gasteiger partial charge in [0.15, 0.2) is 11.5 Å². The van der Waals surface area contributed by atoms with E-state index < -0.39 is 23.8 Å². The molecule has 1 aromatic carbocycles. The Kier molecular flexibility index (Phi) is 4.56. The Bertz CT molecular complexity index is 513. The van der Waals surface area contributed by atoms with Gasteiger partial charge in [0.25, 0.3) is 5.91 Å². The first-order chi connectivity index (χ1) is 9.87. The predicted octanol–water partition coefficient (Wildman–Crippen LogP) is 2.20. The second-order valence-electron chi connectivity index (χ2n) is 4.55. The van der Waals surface area contributed by atoms with E-state index in [9.17, 15) is 23.1 Å². The molecule has 0 unspecified atom stereocenters. The number of hydrogen-bond acceptors (Lipinski definition) is 4. The van der Waals surface area contributed by atoms with Gasteiger partial charge in [0.1, 0.15) is 0 Å². The molecule has 8 heteroatoms. The van der Waals surface area contributed by atoms with Crippen LogP contribution in [0.15, 0.2) is 18.2 Å². The number of phenols is 1. The van der Waals surface area contributed by atoms with E-state index in [1.807, 2.05) is 0 Å². The first-order valence-corrected chi connectivity index (χ1v) is 6.34. The van der Waals surface area contributed by atoms with Crippen LogP contribution < -0.4 is 10.1 Å². The fourth-order valence-electron chi connectivity index (χ4n) is 2.03. The average molecular weight is 305 g/mol. The molecule has 1 heterocycles. The summed E-state index contributed by atoms with van der Waals surface area (Å²) in [5, 5.41) is 11.9. The highest BCUT2D eigenvalue weighted by Crippen LogP contribution is 2.34. The molecule has 2 N–H and O–H groups in total. The van der Waals surface area contributed by atoms with Crippen LogP contribution in [0.5, 0.6) is 11.5 Å². The number of aromatic hydroxyl groups is 1. The third-order valence-corrected chi connectivity index (χ3v) is 2.97. The molecule has 0 saturated carbocycles. The lowest BCUT2D eigenvalue weighted by Crippen LogP contribution is -2.32. The molecule has 1 atom stereocenters. The molecular formula is C13H14F3NO4. The predicted molar refractivity (Wildman–Crippen MR) is 66.1 cm³/mol. The molecule has 1 fully saturated rings. The second kappa shape index (κ2) is 6.21. The number of amides is 1. The molecular weight excluding hydrogens is 291 g/mol. The normalized spacial score (nSPS) is 18.5. The lowest BCUT2D eigenvalue weighted by molar-refractivity contribution is -0.275. The van der Waals surface area contributed by atoms with Crippen molar-refractivity contribution in [2.45, 2.75) is 25.3 Å². The molecule has 1 aliphatic rings. The topological polar surface area (TPSA) is 67.8 Å². The quantitative estimate of drug-likeness (QED) is 0.895. The zero-order valence-electron chi connectivity index (χ0n) is 10.9. The summed E-state index contributed by atoms with van der Waals surface area (Å²) < 4.78 is 45.9. The minimum absolute atomic E-state index is 0.141. The summed E-state index contributed by atoms with van der Waals surface area (Å²) in [5.41, 5.74) is -0.384. The Morgan fingerprint density at radius 1 is 1.48 bits per heavy atom. The Morgan fingerprint density at radius 3 is 2.86 bits per heavy atom. The van der Waals surface area contributed by atoms with Crippen molar-refractivity contribution >= 4 is 5.91 Å². The van der Waals surface area contributed by atoms with E-state index in [2.05, 4.69) is 10.1 Å². The summed E-state index contributed by atoms with van der Waals surface area (Å²) in [4.78, 5) is 11.9. The van der Waals surface area contributed by atoms with E-state index in [4.69, 9.17) is 4.74 Å². The molecule has 1 aromatic rings. The van der Waals surface area contributed by atoms with Gasteiger partial charge in [-0.25, -0.2) is 0 Å². The van der Waals surface area contributed by atoms with Crippen molar-refractivity contribution in [3.05, 3.63) is 23.8 Å². The van der Waals surface area contributed by atoms with Crippen molar-refractivity contribution in [1.29, 1.82) is 0 Å². The molecule has 116 valence electrons. The highest BCUT2D eigenvalue weighted by atomic mass is 19.4. The number of carbonyl (C=O) groups excluding carboxylic acids is 1. The maximum atomic E-state index is 12.3. The Hall–Kier alpha value is -1.96. The molecule has 0 spiro atoms. The summed E-state index contributed by atoms with van der Waals surface area (Å²) in [6.07, 6.45) is -3.47. The van der Waals surface area contributed by atoms with Crippen LogP contribution in [0.4, 0.5) is 13.2 Å². The van der Waals surface area contributed by atoms with Crippen LogP contribution in [-0.4, -0.2) is 36.6 Å². The molecule has 5 nitrogen and oxygen atoms in total. The molecule has 2 rings (SSSR count). The molecule has 1 aliphatic heterocycles. The summed E-state index contributed by atoms with van der Waals surface area (Å²) in [6, 6.07) is 3.42. The van der Waals surface area contributed by atoms with Crippen molar-refractivity contribution in [3.63, 3.8) is 0 Å². The van der Waals surface area contributed by atoms with Gasteiger partial charge < -0.3 is 19.9 Å². The minimum Gasteiger partial charge on any atom is -0.504 e. The smallest absolute Gasteiger partial charge is 0.504 e. The third-order valence-electron chi connectivity index (χ3n) is 2.97. The van der Waals surface area contributed by atoms with E-state index >= 15 is 0 Å². The van der Waals surface area contributed by atoms with E-state index in [1.165, 1.54) is 6.07 Å². The van der Waals surface area contributed by atoms with Gasteiger partial charge in [0, 0.05) is 13.2 Å². The summed E-state index contributed by atoms with van der Waals surface area (Å²) in [6.45, 7) is 0.801. The number of para-hydroxylation sites is 1. The van der Waals surface area contributed by atoms with Gasteiger partial charge in [0.05, 0.1) is 11.7 Å². The van der Waals surface area contributed by atoms with Crippen LogP contribution >= 0.6 is 0 Å². The van der Waals surface area contributed by atoms with Crippen LogP contribution in [0.2, 0.25) is 0 Å². The third kappa shape index (κ3) is 4.25. The van der Waals surface area contributed by atoms with Crippen LogP contribution in [0, 0.1) is 0 Å². The standard InChI is InChI=1S/C13H14F3NO4/c14-13(15,16)21-11-9(4-1-5-10(11)18)12(19)17-7-8-3-2-6-20-8/h1,4-5,8,18H,2-3,6-7H2,(H,17,19)/t8-/m0/s1. The maximum Gasteiger partial charge on any atom is 0.573 e. The van der Waals surface area contributed by atoms with Gasteiger partial charge in [-0.05, 0) is 25.0 Å². The summed E-state index contributed by atoms with van der Waals surface area (Å²) >= 11 is 0. The first-order valence-electron chi connectivity index (χ1n) is 6.34. The number of ether oxygens (including phenoxy) is 2. The van der Waals surface area contributed by atoms with Gasteiger partial charge in [-0.15, -0.1) is 13.2 Å². The highest BCUT2D eigenvalue weighted by molar-refractivity contribution is 5.97. The minimum atomic E-state index is -5.00. The maximum absolute atomic E-state index is 12.3. The van der Waals surface area contributed by atoms with Crippen molar-refractivity contribution in [1.82, 2.24) is 5.32 Å². The van der Waals surface area contributed by atoms with Gasteiger partial charge >= 0.3 is 6.36 Å². The Morgan fingerprint density at radius 2 is 2.24 bits per heavy atom. The fraction of sp³-hybridized carbons (Fsp3) is 0.462. The van der Waals surface area contributed by atoms with Crippen molar-refractivity contribution in [2.24, 2.45) is 0 Å². The van der Waals surface area contributed by atoms with E-state index in [0.29, 0.717) is 6.61 Å². The number of halogens is 3. The molecule has 0 aromatic heterocycles. The number of phenolic OH excluding ortho intramolecular Hbond substituents is 1. The van der Waals surface area contributed by atoms with Crippen LogP contribution in [0.1, 0.15) is 23.2 Å². The number of hydrogen-bond donors (Lipinski definition) is 2. The fourth-order valence-corrected chi connectivity index (χ4v) is 2.03. The Labute approximate surface area is 118 Å². The van der Waals surface area contributed by atoms with E-state index in [0.717, 1.165) is 25.0 Å². The highest BCUT2D eigenvalue weighted by Gasteiger charge is 2.34. The Balaban J connectivity index is 2.10. The molecule has 0 radical (unpaired) electrons. The summed E-state index contributed by atoms with van der Waals surface area (Å²) in [7, 11) is 0. The largest absolute Gasteiger partial charge is 0.573 e. The first kappa shape index (κ1) is 15.4. The van der Waals surface area contributed by atoms with E-state index in [-0.39, 0.29) is 18.2 Å². The van der Waals surface area contributed by atoms with Crippen molar-refractivity contribution < 1.29 is 32.5 Å². The SMILES string of the molecule is O=C(NC[C@@H]1CCCO1)c1cccc(O)c1OC(F)(F)F. The lowest BCUT2D eigenvalue weighted by Gasteiger charge is -2.15. The molecule has 1 saturated heterocycles. The van der Waals surface area contributed by atoms with Gasteiger partial charge in [-0.1, -0.05) is 6.07 Å². The second-order valence-corrected chi connectivity index (χ2v) is 4.55. The van der Waals surface area contributed by atoms with Crippen molar-refractivity contribution in [3.8, 4) is 11.5 Å². The number of rotatable bonds is 4. The molecule has 0 bridgehead atoms.